The van der Waals surface area contributed by atoms with Crippen LogP contribution in [0.25, 0.3) is 10.8 Å². The lowest BCUT2D eigenvalue weighted by Crippen LogP contribution is -2.36. The van der Waals surface area contributed by atoms with Crippen LogP contribution in [0.3, 0.4) is 0 Å². The van der Waals surface area contributed by atoms with Crippen LogP contribution >= 0.6 is 0 Å². The Labute approximate surface area is 170 Å². The Bertz CT molecular complexity index is 996. The molecule has 0 saturated carbocycles. The van der Waals surface area contributed by atoms with Gasteiger partial charge in [-0.1, -0.05) is 36.4 Å². The minimum Gasteiger partial charge on any atom is -0.493 e. The number of hydrogen-bond acceptors (Lipinski definition) is 5. The fraction of sp³-hybridized carbons (Fsp3) is 0.261. The highest BCUT2D eigenvalue weighted by atomic mass is 16.5. The van der Waals surface area contributed by atoms with Crippen molar-refractivity contribution in [3.63, 3.8) is 0 Å². The topological polar surface area (TPSA) is 66.0 Å². The second-order valence-corrected chi connectivity index (χ2v) is 6.45. The summed E-state index contributed by atoms with van der Waals surface area (Å²) < 4.78 is 22.1. The summed E-state index contributed by atoms with van der Waals surface area (Å²) in [5.41, 5.74) is 0.774. The molecule has 0 radical (unpaired) electrons. The van der Waals surface area contributed by atoms with Crippen molar-refractivity contribution < 1.29 is 23.7 Å². The van der Waals surface area contributed by atoms with Crippen LogP contribution in [0.15, 0.2) is 54.6 Å². The standard InChI is InChI=1S/C23H25NO5/c1-15(29-19-11-7-9-16-8-5-6-10-18(16)19)23(25)24-14-17-12-13-20(26-2)22(28-4)21(17)27-3/h5-13,15H,14H2,1-4H3,(H,24,25). The van der Waals surface area contributed by atoms with Crippen LogP contribution in [0, 0.1) is 0 Å². The zero-order valence-electron chi connectivity index (χ0n) is 17.0. The number of amides is 1. The summed E-state index contributed by atoms with van der Waals surface area (Å²) in [7, 11) is 4.66. The zero-order valence-corrected chi connectivity index (χ0v) is 17.0. The highest BCUT2D eigenvalue weighted by Crippen LogP contribution is 2.39. The molecule has 3 aromatic rings. The third kappa shape index (κ3) is 4.37. The second kappa shape index (κ2) is 9.19. The van der Waals surface area contributed by atoms with Gasteiger partial charge in [0.1, 0.15) is 5.75 Å². The van der Waals surface area contributed by atoms with Gasteiger partial charge in [0.15, 0.2) is 17.6 Å². The molecule has 1 unspecified atom stereocenters. The molecule has 0 fully saturated rings. The maximum absolute atomic E-state index is 12.6. The summed E-state index contributed by atoms with van der Waals surface area (Å²) in [4.78, 5) is 12.6. The Morgan fingerprint density at radius 1 is 0.862 bits per heavy atom. The van der Waals surface area contributed by atoms with Crippen LogP contribution in [0.1, 0.15) is 12.5 Å². The molecule has 0 spiro atoms. The second-order valence-electron chi connectivity index (χ2n) is 6.45. The number of rotatable bonds is 8. The normalized spacial score (nSPS) is 11.6. The molecule has 3 rings (SSSR count). The molecule has 1 N–H and O–H groups in total. The predicted molar refractivity (Wildman–Crippen MR) is 112 cm³/mol. The fourth-order valence-electron chi connectivity index (χ4n) is 3.17. The van der Waals surface area contributed by atoms with Crippen LogP contribution in [-0.4, -0.2) is 33.3 Å². The molecular formula is C23H25NO5. The number of nitrogens with one attached hydrogen (secondary N) is 1. The molecule has 0 saturated heterocycles. The number of benzene rings is 3. The summed E-state index contributed by atoms with van der Waals surface area (Å²) in [6.07, 6.45) is -0.660. The summed E-state index contributed by atoms with van der Waals surface area (Å²) in [6, 6.07) is 17.3. The van der Waals surface area contributed by atoms with E-state index in [1.807, 2.05) is 48.5 Å². The van der Waals surface area contributed by atoms with Crippen LogP contribution in [0.4, 0.5) is 0 Å². The summed E-state index contributed by atoms with van der Waals surface area (Å²) >= 11 is 0. The van der Waals surface area contributed by atoms with E-state index < -0.39 is 6.10 Å². The average molecular weight is 395 g/mol. The third-order valence-corrected chi connectivity index (χ3v) is 4.66. The van der Waals surface area contributed by atoms with Gasteiger partial charge < -0.3 is 24.3 Å². The van der Waals surface area contributed by atoms with E-state index in [2.05, 4.69) is 5.32 Å². The van der Waals surface area contributed by atoms with E-state index in [-0.39, 0.29) is 12.5 Å². The van der Waals surface area contributed by atoms with E-state index >= 15 is 0 Å². The first-order chi connectivity index (χ1) is 14.1. The van der Waals surface area contributed by atoms with Crippen molar-refractivity contribution in [1.82, 2.24) is 5.32 Å². The van der Waals surface area contributed by atoms with Gasteiger partial charge >= 0.3 is 0 Å². The minimum absolute atomic E-state index is 0.227. The van der Waals surface area contributed by atoms with Crippen LogP contribution in [0.2, 0.25) is 0 Å². The maximum Gasteiger partial charge on any atom is 0.261 e. The van der Waals surface area contributed by atoms with Crippen molar-refractivity contribution in [3.8, 4) is 23.0 Å². The van der Waals surface area contributed by atoms with Crippen LogP contribution in [0.5, 0.6) is 23.0 Å². The van der Waals surface area contributed by atoms with Gasteiger partial charge in [0.25, 0.3) is 5.91 Å². The number of carbonyl (C=O) groups excluding carboxylic acids is 1. The van der Waals surface area contributed by atoms with Crippen LogP contribution in [-0.2, 0) is 11.3 Å². The number of ether oxygens (including phenoxy) is 4. The molecule has 0 aromatic heterocycles. The third-order valence-electron chi connectivity index (χ3n) is 4.66. The number of carbonyl (C=O) groups is 1. The van der Waals surface area contributed by atoms with Gasteiger partial charge in [-0.2, -0.15) is 0 Å². The van der Waals surface area contributed by atoms with Gasteiger partial charge in [-0.3, -0.25) is 4.79 Å². The first-order valence-corrected chi connectivity index (χ1v) is 9.29. The highest BCUT2D eigenvalue weighted by Gasteiger charge is 2.19. The SMILES string of the molecule is COc1ccc(CNC(=O)C(C)Oc2cccc3ccccc23)c(OC)c1OC. The Morgan fingerprint density at radius 2 is 1.59 bits per heavy atom. The highest BCUT2D eigenvalue weighted by molar-refractivity contribution is 5.89. The lowest BCUT2D eigenvalue weighted by molar-refractivity contribution is -0.127. The lowest BCUT2D eigenvalue weighted by Gasteiger charge is -2.18. The molecule has 1 amide bonds. The summed E-state index contributed by atoms with van der Waals surface area (Å²) in [5, 5.41) is 4.92. The molecule has 3 aromatic carbocycles. The maximum atomic E-state index is 12.6. The molecule has 0 aliphatic heterocycles. The molecule has 6 nitrogen and oxygen atoms in total. The Balaban J connectivity index is 1.71. The van der Waals surface area contributed by atoms with Crippen molar-refractivity contribution >= 4 is 16.7 Å². The Hall–Kier alpha value is -3.41. The first-order valence-electron chi connectivity index (χ1n) is 9.29. The van der Waals surface area contributed by atoms with Gasteiger partial charge in [0.2, 0.25) is 5.75 Å². The van der Waals surface area contributed by atoms with Crippen molar-refractivity contribution in [1.29, 1.82) is 0 Å². The predicted octanol–water partition coefficient (Wildman–Crippen LogP) is 3.95. The van der Waals surface area contributed by atoms with E-state index in [1.54, 1.807) is 34.3 Å². The monoisotopic (exact) mass is 395 g/mol. The van der Waals surface area contributed by atoms with E-state index in [1.165, 1.54) is 0 Å². The fourth-order valence-corrected chi connectivity index (χ4v) is 3.17. The van der Waals surface area contributed by atoms with E-state index in [4.69, 9.17) is 18.9 Å². The van der Waals surface area contributed by atoms with Crippen molar-refractivity contribution in [2.45, 2.75) is 19.6 Å². The lowest BCUT2D eigenvalue weighted by atomic mass is 10.1. The van der Waals surface area contributed by atoms with E-state index in [0.717, 1.165) is 16.3 Å². The minimum atomic E-state index is -0.660. The van der Waals surface area contributed by atoms with Crippen LogP contribution < -0.4 is 24.3 Å². The molecule has 152 valence electrons. The number of hydrogen-bond donors (Lipinski definition) is 1. The molecule has 1 atom stereocenters. The van der Waals surface area contributed by atoms with Gasteiger partial charge in [-0.25, -0.2) is 0 Å². The summed E-state index contributed by atoms with van der Waals surface area (Å²) in [5.74, 6) is 2.02. The average Bonchev–Trinajstić information content (AvgIpc) is 2.76. The van der Waals surface area contributed by atoms with E-state index in [0.29, 0.717) is 23.0 Å². The smallest absolute Gasteiger partial charge is 0.261 e. The Morgan fingerprint density at radius 3 is 2.31 bits per heavy atom. The first kappa shape index (κ1) is 20.3. The van der Waals surface area contributed by atoms with Gasteiger partial charge in [0, 0.05) is 17.5 Å². The molecule has 0 heterocycles. The molecular weight excluding hydrogens is 370 g/mol. The molecule has 6 heteroatoms. The largest absolute Gasteiger partial charge is 0.493 e. The number of fused-ring (bicyclic) bond motifs is 1. The van der Waals surface area contributed by atoms with Gasteiger partial charge in [-0.05, 0) is 30.5 Å². The quantitative estimate of drug-likeness (QED) is 0.626. The number of methoxy groups -OCH3 is 3. The summed E-state index contributed by atoms with van der Waals surface area (Å²) in [6.45, 7) is 1.99. The molecule has 0 aliphatic carbocycles. The van der Waals surface area contributed by atoms with Gasteiger partial charge in [-0.15, -0.1) is 0 Å². The molecule has 0 aliphatic rings. The molecule has 0 bridgehead atoms. The van der Waals surface area contributed by atoms with Crippen molar-refractivity contribution in [2.75, 3.05) is 21.3 Å². The Kier molecular flexibility index (Phi) is 6.44. The van der Waals surface area contributed by atoms with Crippen molar-refractivity contribution in [2.24, 2.45) is 0 Å². The van der Waals surface area contributed by atoms with E-state index in [9.17, 15) is 4.79 Å². The molecule has 29 heavy (non-hydrogen) atoms. The van der Waals surface area contributed by atoms with Crippen molar-refractivity contribution in [3.05, 3.63) is 60.2 Å². The van der Waals surface area contributed by atoms with Gasteiger partial charge in [0.05, 0.1) is 21.3 Å². The zero-order chi connectivity index (χ0) is 20.8.